The molecule has 0 aliphatic carbocycles. The number of pyridine rings is 1. The number of sulfone groups is 1. The van der Waals surface area contributed by atoms with E-state index < -0.39 is 15.8 Å². The summed E-state index contributed by atoms with van der Waals surface area (Å²) in [5.74, 6) is -1.37. The van der Waals surface area contributed by atoms with Crippen molar-refractivity contribution in [2.45, 2.75) is 10.6 Å². The number of methoxy groups -OCH3 is 1. The summed E-state index contributed by atoms with van der Waals surface area (Å²) in [5.41, 5.74) is 0.342. The molecule has 3 rings (SSSR count). The molecule has 0 spiro atoms. The van der Waals surface area contributed by atoms with Crippen molar-refractivity contribution in [2.24, 2.45) is 0 Å². The number of carboxylic acid groups (broad SMARTS) is 1. The number of furan rings is 1. The number of rotatable bonds is 5. The van der Waals surface area contributed by atoms with Crippen molar-refractivity contribution in [3.05, 3.63) is 54.1 Å². The average molecular weight is 347 g/mol. The van der Waals surface area contributed by atoms with E-state index in [9.17, 15) is 18.3 Å². The average Bonchev–Trinajstić information content (AvgIpc) is 3.04. The number of para-hydroxylation sites is 1. The molecule has 7 nitrogen and oxygen atoms in total. The first-order chi connectivity index (χ1) is 11.4. The minimum Gasteiger partial charge on any atom is -0.494 e. The van der Waals surface area contributed by atoms with Gasteiger partial charge in [0, 0.05) is 17.1 Å². The molecule has 0 radical (unpaired) electrons. The third kappa shape index (κ3) is 2.71. The summed E-state index contributed by atoms with van der Waals surface area (Å²) in [4.78, 5) is 15.3. The molecule has 2 heterocycles. The monoisotopic (exact) mass is 347 g/mol. The third-order valence-corrected chi connectivity index (χ3v) is 5.28. The van der Waals surface area contributed by atoms with Crippen LogP contribution in [0.2, 0.25) is 0 Å². The number of aromatic carboxylic acids is 1. The first-order valence-electron chi connectivity index (χ1n) is 6.87. The molecule has 0 bridgehead atoms. The minimum atomic E-state index is -3.95. The van der Waals surface area contributed by atoms with Gasteiger partial charge >= 0.3 is 5.97 Å². The second-order valence-corrected chi connectivity index (χ2v) is 6.98. The maximum atomic E-state index is 12.9. The van der Waals surface area contributed by atoms with Crippen molar-refractivity contribution < 1.29 is 27.5 Å². The van der Waals surface area contributed by atoms with Gasteiger partial charge in [0.25, 0.3) is 0 Å². The first kappa shape index (κ1) is 16.0. The van der Waals surface area contributed by atoms with E-state index in [1.54, 1.807) is 12.1 Å². The normalized spacial score (nSPS) is 11.5. The zero-order chi connectivity index (χ0) is 17.3. The summed E-state index contributed by atoms with van der Waals surface area (Å²) in [7, 11) is -2.52. The van der Waals surface area contributed by atoms with Gasteiger partial charge in [0.1, 0.15) is 11.3 Å². The van der Waals surface area contributed by atoms with Crippen LogP contribution < -0.4 is 4.74 Å². The van der Waals surface area contributed by atoms with Gasteiger partial charge in [0.15, 0.2) is 9.84 Å². The lowest BCUT2D eigenvalue weighted by atomic mass is 10.1. The van der Waals surface area contributed by atoms with E-state index in [0.29, 0.717) is 11.3 Å². The molecule has 0 atom stereocenters. The number of aromatic nitrogens is 1. The van der Waals surface area contributed by atoms with Gasteiger partial charge in [-0.1, -0.05) is 12.1 Å². The Hall–Kier alpha value is -2.87. The summed E-state index contributed by atoms with van der Waals surface area (Å²) in [5, 5.41) is 9.59. The van der Waals surface area contributed by atoms with Crippen LogP contribution in [0.25, 0.3) is 10.9 Å². The van der Waals surface area contributed by atoms with Gasteiger partial charge in [-0.3, -0.25) is 4.98 Å². The molecule has 3 aromatic rings. The summed E-state index contributed by atoms with van der Waals surface area (Å²) in [6.45, 7) is 0. The highest BCUT2D eigenvalue weighted by atomic mass is 32.2. The Kier molecular flexibility index (Phi) is 3.98. The Morgan fingerprint density at radius 1 is 1.33 bits per heavy atom. The quantitative estimate of drug-likeness (QED) is 0.755. The van der Waals surface area contributed by atoms with E-state index in [-0.39, 0.29) is 27.1 Å². The van der Waals surface area contributed by atoms with Gasteiger partial charge in [-0.25, -0.2) is 13.2 Å². The van der Waals surface area contributed by atoms with Gasteiger partial charge in [-0.2, -0.15) is 0 Å². The number of ether oxygens (including phenoxy) is 1. The van der Waals surface area contributed by atoms with E-state index in [4.69, 9.17) is 9.15 Å². The molecule has 24 heavy (non-hydrogen) atoms. The number of hydrogen-bond donors (Lipinski definition) is 1. The predicted octanol–water partition coefficient (Wildman–Crippen LogP) is 2.51. The van der Waals surface area contributed by atoms with Crippen molar-refractivity contribution in [1.82, 2.24) is 4.98 Å². The minimum absolute atomic E-state index is 0.206. The standard InChI is InChI=1S/C16H13NO6S/c1-22-13-4-2-3-11-14(13)17-7-12(16(18)19)15(11)24(20,21)9-10-5-6-23-8-10/h2-8H,9H2,1H3,(H,18,19). The van der Waals surface area contributed by atoms with E-state index in [0.717, 1.165) is 6.20 Å². The van der Waals surface area contributed by atoms with Gasteiger partial charge in [-0.15, -0.1) is 0 Å². The zero-order valence-corrected chi connectivity index (χ0v) is 13.4. The van der Waals surface area contributed by atoms with Gasteiger partial charge in [0.05, 0.1) is 35.8 Å². The first-order valence-corrected chi connectivity index (χ1v) is 8.52. The topological polar surface area (TPSA) is 107 Å². The maximum Gasteiger partial charge on any atom is 0.338 e. The van der Waals surface area contributed by atoms with E-state index in [2.05, 4.69) is 4.98 Å². The second-order valence-electron chi connectivity index (χ2n) is 5.05. The fraction of sp³-hybridized carbons (Fsp3) is 0.125. The fourth-order valence-electron chi connectivity index (χ4n) is 2.49. The number of benzene rings is 1. The molecular weight excluding hydrogens is 334 g/mol. The van der Waals surface area contributed by atoms with Crippen molar-refractivity contribution in [2.75, 3.05) is 7.11 Å². The molecule has 8 heteroatoms. The van der Waals surface area contributed by atoms with Gasteiger partial charge in [0.2, 0.25) is 0 Å². The summed E-state index contributed by atoms with van der Waals surface area (Å²) in [6.07, 6.45) is 3.70. The van der Waals surface area contributed by atoms with Crippen LogP contribution in [0.5, 0.6) is 5.75 Å². The Bertz CT molecular complexity index is 1010. The summed E-state index contributed by atoms with van der Waals surface area (Å²) in [6, 6.07) is 6.25. The second kappa shape index (κ2) is 5.97. The Labute approximate surface area is 137 Å². The van der Waals surface area contributed by atoms with Crippen LogP contribution in [0.1, 0.15) is 15.9 Å². The smallest absolute Gasteiger partial charge is 0.338 e. The van der Waals surface area contributed by atoms with Crippen molar-refractivity contribution >= 4 is 26.7 Å². The number of carbonyl (C=O) groups is 1. The molecule has 1 N–H and O–H groups in total. The SMILES string of the molecule is COc1cccc2c(S(=O)(=O)Cc3ccoc3)c(C(=O)O)cnc12. The highest BCUT2D eigenvalue weighted by Crippen LogP contribution is 2.32. The molecule has 0 aliphatic heterocycles. The van der Waals surface area contributed by atoms with E-state index in [1.807, 2.05) is 0 Å². The molecule has 1 aromatic carbocycles. The highest BCUT2D eigenvalue weighted by molar-refractivity contribution is 7.91. The number of nitrogens with zero attached hydrogens (tertiary/aromatic N) is 1. The van der Waals surface area contributed by atoms with Crippen LogP contribution in [0.4, 0.5) is 0 Å². The van der Waals surface area contributed by atoms with Crippen LogP contribution in [0.15, 0.2) is 52.3 Å². The Morgan fingerprint density at radius 2 is 2.12 bits per heavy atom. The highest BCUT2D eigenvalue weighted by Gasteiger charge is 2.27. The number of fused-ring (bicyclic) bond motifs is 1. The molecule has 0 aliphatic rings. The van der Waals surface area contributed by atoms with Crippen LogP contribution in [-0.2, 0) is 15.6 Å². The lowest BCUT2D eigenvalue weighted by molar-refractivity contribution is 0.0692. The fourth-order valence-corrected chi connectivity index (χ4v) is 4.21. The lowest BCUT2D eigenvalue weighted by Gasteiger charge is -2.12. The van der Waals surface area contributed by atoms with Crippen LogP contribution >= 0.6 is 0 Å². The molecule has 0 fully saturated rings. The summed E-state index contributed by atoms with van der Waals surface area (Å²) < 4.78 is 35.8. The molecular formula is C16H13NO6S. The molecule has 2 aromatic heterocycles. The summed E-state index contributed by atoms with van der Waals surface area (Å²) >= 11 is 0. The van der Waals surface area contributed by atoms with Crippen LogP contribution in [0.3, 0.4) is 0 Å². The van der Waals surface area contributed by atoms with Crippen LogP contribution in [-0.4, -0.2) is 31.6 Å². The number of hydrogen-bond acceptors (Lipinski definition) is 6. The Morgan fingerprint density at radius 3 is 2.75 bits per heavy atom. The number of carboxylic acids is 1. The van der Waals surface area contributed by atoms with Crippen molar-refractivity contribution in [1.29, 1.82) is 0 Å². The largest absolute Gasteiger partial charge is 0.494 e. The predicted molar refractivity (Wildman–Crippen MR) is 84.9 cm³/mol. The maximum absolute atomic E-state index is 12.9. The zero-order valence-electron chi connectivity index (χ0n) is 12.6. The Balaban J connectivity index is 2.31. The lowest BCUT2D eigenvalue weighted by Crippen LogP contribution is -2.12. The molecule has 0 saturated carbocycles. The molecule has 0 amide bonds. The molecule has 0 unspecified atom stereocenters. The third-order valence-electron chi connectivity index (χ3n) is 3.51. The van der Waals surface area contributed by atoms with E-state index in [1.165, 1.54) is 31.8 Å². The van der Waals surface area contributed by atoms with E-state index >= 15 is 0 Å². The van der Waals surface area contributed by atoms with Gasteiger partial charge < -0.3 is 14.3 Å². The van der Waals surface area contributed by atoms with Crippen molar-refractivity contribution in [3.8, 4) is 5.75 Å². The molecule has 124 valence electrons. The van der Waals surface area contributed by atoms with Crippen LogP contribution in [0, 0.1) is 0 Å². The van der Waals surface area contributed by atoms with Gasteiger partial charge in [-0.05, 0) is 12.1 Å². The van der Waals surface area contributed by atoms with Crippen molar-refractivity contribution in [3.63, 3.8) is 0 Å². The molecule has 0 saturated heterocycles.